The molecular formula is C12H16ClFN2S. The Morgan fingerprint density at radius 2 is 2.29 bits per heavy atom. The molecule has 5 heteroatoms. The highest BCUT2D eigenvalue weighted by Gasteiger charge is 2.26. The van der Waals surface area contributed by atoms with Crippen molar-refractivity contribution in [1.29, 1.82) is 0 Å². The van der Waals surface area contributed by atoms with Gasteiger partial charge in [-0.3, -0.25) is 11.3 Å². The minimum absolute atomic E-state index is 0.141. The summed E-state index contributed by atoms with van der Waals surface area (Å²) in [5, 5.41) is 0.753. The summed E-state index contributed by atoms with van der Waals surface area (Å²) in [6, 6.07) is 4.63. The summed E-state index contributed by atoms with van der Waals surface area (Å²) < 4.78 is 13.9. The first-order valence-electron chi connectivity index (χ1n) is 5.75. The standard InChI is InChI=1S/C12H16ClFN2S/c13-8-4-5-9(10(14)7-8)12(16-15)11-3-1-2-6-17-11/h4-5,7,11-12,16H,1-3,6,15H2. The van der Waals surface area contributed by atoms with Crippen LogP contribution < -0.4 is 11.3 Å². The van der Waals surface area contributed by atoms with E-state index in [0.29, 0.717) is 15.8 Å². The molecule has 0 aromatic heterocycles. The van der Waals surface area contributed by atoms with Crippen molar-refractivity contribution in [3.05, 3.63) is 34.6 Å². The lowest BCUT2D eigenvalue weighted by Crippen LogP contribution is -2.36. The Kier molecular flexibility index (Phi) is 4.68. The number of benzene rings is 1. The molecule has 0 radical (unpaired) electrons. The molecule has 17 heavy (non-hydrogen) atoms. The minimum atomic E-state index is -0.286. The van der Waals surface area contributed by atoms with Crippen LogP contribution in [0.1, 0.15) is 30.9 Å². The molecule has 2 atom stereocenters. The number of hydrogen-bond donors (Lipinski definition) is 2. The smallest absolute Gasteiger partial charge is 0.129 e. The number of thioether (sulfide) groups is 1. The molecule has 0 spiro atoms. The number of hydrazine groups is 1. The summed E-state index contributed by atoms with van der Waals surface area (Å²) in [6.07, 6.45) is 3.49. The summed E-state index contributed by atoms with van der Waals surface area (Å²) in [6.45, 7) is 0. The molecule has 1 heterocycles. The predicted molar refractivity (Wildman–Crippen MR) is 71.6 cm³/mol. The van der Waals surface area contributed by atoms with Crippen LogP contribution in [0.4, 0.5) is 4.39 Å². The second-order valence-electron chi connectivity index (χ2n) is 4.22. The molecule has 1 aliphatic heterocycles. The van der Waals surface area contributed by atoms with E-state index in [1.165, 1.54) is 18.9 Å². The molecule has 3 N–H and O–H groups in total. The maximum Gasteiger partial charge on any atom is 0.129 e. The summed E-state index contributed by atoms with van der Waals surface area (Å²) in [4.78, 5) is 0. The van der Waals surface area contributed by atoms with Gasteiger partial charge in [0.2, 0.25) is 0 Å². The van der Waals surface area contributed by atoms with Crippen molar-refractivity contribution in [1.82, 2.24) is 5.43 Å². The van der Waals surface area contributed by atoms with Gasteiger partial charge in [0, 0.05) is 15.8 Å². The molecule has 0 saturated carbocycles. The van der Waals surface area contributed by atoms with Crippen molar-refractivity contribution in [3.8, 4) is 0 Å². The number of nitrogens with one attached hydrogen (secondary N) is 1. The zero-order valence-electron chi connectivity index (χ0n) is 9.46. The van der Waals surface area contributed by atoms with E-state index in [1.54, 1.807) is 12.1 Å². The van der Waals surface area contributed by atoms with Crippen LogP contribution in [0.2, 0.25) is 5.02 Å². The Bertz CT molecular complexity index is 383. The summed E-state index contributed by atoms with van der Waals surface area (Å²) in [5.41, 5.74) is 3.35. The monoisotopic (exact) mass is 274 g/mol. The van der Waals surface area contributed by atoms with Crippen molar-refractivity contribution in [3.63, 3.8) is 0 Å². The fourth-order valence-corrected chi connectivity index (χ4v) is 3.76. The van der Waals surface area contributed by atoms with Crippen molar-refractivity contribution >= 4 is 23.4 Å². The lowest BCUT2D eigenvalue weighted by molar-refractivity contribution is 0.469. The van der Waals surface area contributed by atoms with E-state index in [0.717, 1.165) is 12.2 Å². The van der Waals surface area contributed by atoms with Gasteiger partial charge < -0.3 is 0 Å². The van der Waals surface area contributed by atoms with Crippen LogP contribution in [-0.2, 0) is 0 Å². The Morgan fingerprint density at radius 3 is 2.88 bits per heavy atom. The van der Waals surface area contributed by atoms with Gasteiger partial charge in [-0.05, 0) is 30.7 Å². The molecule has 1 aromatic carbocycles. The van der Waals surface area contributed by atoms with Crippen molar-refractivity contribution in [2.24, 2.45) is 5.84 Å². The van der Waals surface area contributed by atoms with Crippen LogP contribution in [0.15, 0.2) is 18.2 Å². The lowest BCUT2D eigenvalue weighted by atomic mass is 9.99. The van der Waals surface area contributed by atoms with Gasteiger partial charge in [0.15, 0.2) is 0 Å². The largest absolute Gasteiger partial charge is 0.271 e. The van der Waals surface area contributed by atoms with Gasteiger partial charge in [0.25, 0.3) is 0 Å². The first-order chi connectivity index (χ1) is 8.22. The van der Waals surface area contributed by atoms with Gasteiger partial charge in [0.05, 0.1) is 6.04 Å². The summed E-state index contributed by atoms with van der Waals surface area (Å²) in [7, 11) is 0. The minimum Gasteiger partial charge on any atom is -0.271 e. The highest BCUT2D eigenvalue weighted by atomic mass is 35.5. The Morgan fingerprint density at radius 1 is 1.47 bits per heavy atom. The van der Waals surface area contributed by atoms with Crippen molar-refractivity contribution < 1.29 is 4.39 Å². The van der Waals surface area contributed by atoms with Gasteiger partial charge >= 0.3 is 0 Å². The maximum atomic E-state index is 13.9. The maximum absolute atomic E-state index is 13.9. The van der Waals surface area contributed by atoms with Crippen molar-refractivity contribution in [2.75, 3.05) is 5.75 Å². The van der Waals surface area contributed by atoms with Gasteiger partial charge in [-0.2, -0.15) is 11.8 Å². The predicted octanol–water partition coefficient (Wildman–Crippen LogP) is 3.27. The molecule has 2 unspecified atom stereocenters. The van der Waals surface area contributed by atoms with Gasteiger partial charge in [0.1, 0.15) is 5.82 Å². The van der Waals surface area contributed by atoms with E-state index in [4.69, 9.17) is 17.4 Å². The highest BCUT2D eigenvalue weighted by Crippen LogP contribution is 2.35. The van der Waals surface area contributed by atoms with Crippen molar-refractivity contribution in [2.45, 2.75) is 30.6 Å². The molecule has 0 aliphatic carbocycles. The van der Waals surface area contributed by atoms with Gasteiger partial charge in [-0.15, -0.1) is 0 Å². The average Bonchev–Trinajstić information content (AvgIpc) is 2.34. The second-order valence-corrected chi connectivity index (χ2v) is 6.00. The molecule has 0 amide bonds. The summed E-state index contributed by atoms with van der Waals surface area (Å²) in [5.74, 6) is 6.42. The first kappa shape index (κ1) is 13.1. The molecule has 1 fully saturated rings. The number of hydrogen-bond acceptors (Lipinski definition) is 3. The van der Waals surface area contributed by atoms with E-state index in [2.05, 4.69) is 5.43 Å². The normalized spacial score (nSPS) is 22.4. The Hall–Kier alpha value is -0.290. The fraction of sp³-hybridized carbons (Fsp3) is 0.500. The van der Waals surface area contributed by atoms with E-state index in [-0.39, 0.29) is 11.9 Å². The Balaban J connectivity index is 2.21. The second kappa shape index (κ2) is 6.05. The van der Waals surface area contributed by atoms with E-state index in [9.17, 15) is 4.39 Å². The van der Waals surface area contributed by atoms with E-state index in [1.807, 2.05) is 11.8 Å². The molecule has 2 rings (SSSR count). The van der Waals surface area contributed by atoms with Crippen LogP contribution in [0.3, 0.4) is 0 Å². The molecule has 1 aromatic rings. The molecule has 2 nitrogen and oxygen atoms in total. The zero-order valence-corrected chi connectivity index (χ0v) is 11.0. The topological polar surface area (TPSA) is 38.0 Å². The van der Waals surface area contributed by atoms with E-state index >= 15 is 0 Å². The van der Waals surface area contributed by atoms with Crippen LogP contribution in [0.5, 0.6) is 0 Å². The van der Waals surface area contributed by atoms with Crippen LogP contribution in [0.25, 0.3) is 0 Å². The third-order valence-corrected chi connectivity index (χ3v) is 4.76. The highest BCUT2D eigenvalue weighted by molar-refractivity contribution is 8.00. The molecule has 1 aliphatic rings. The van der Waals surface area contributed by atoms with Crippen LogP contribution >= 0.6 is 23.4 Å². The Labute approximate surface area is 110 Å². The third kappa shape index (κ3) is 3.13. The van der Waals surface area contributed by atoms with Gasteiger partial charge in [-0.25, -0.2) is 4.39 Å². The lowest BCUT2D eigenvalue weighted by Gasteiger charge is -2.29. The molecule has 1 saturated heterocycles. The van der Waals surface area contributed by atoms with Crippen LogP contribution in [-0.4, -0.2) is 11.0 Å². The quantitative estimate of drug-likeness (QED) is 0.656. The van der Waals surface area contributed by atoms with Gasteiger partial charge in [-0.1, -0.05) is 24.1 Å². The first-order valence-corrected chi connectivity index (χ1v) is 7.17. The average molecular weight is 275 g/mol. The zero-order chi connectivity index (χ0) is 12.3. The number of rotatable bonds is 3. The number of halogens is 2. The fourth-order valence-electron chi connectivity index (χ4n) is 2.18. The molecule has 94 valence electrons. The third-order valence-electron chi connectivity index (χ3n) is 3.06. The molecular weight excluding hydrogens is 259 g/mol. The van der Waals surface area contributed by atoms with E-state index < -0.39 is 0 Å². The number of nitrogens with two attached hydrogens (primary N) is 1. The SMILES string of the molecule is NNC(c1ccc(Cl)cc1F)C1CCCCS1. The van der Waals surface area contributed by atoms with Crippen LogP contribution in [0, 0.1) is 5.82 Å². The molecule has 0 bridgehead atoms. The summed E-state index contributed by atoms with van der Waals surface area (Å²) >= 11 is 7.62.